The Hall–Kier alpha value is -1.63. The lowest BCUT2D eigenvalue weighted by atomic mass is 10.2. The maximum Gasteiger partial charge on any atom is 0.243 e. The molecule has 110 valence electrons. The second-order valence-corrected chi connectivity index (χ2v) is 5.63. The van der Waals surface area contributed by atoms with Gasteiger partial charge in [0.05, 0.1) is 0 Å². The molecule has 0 spiro atoms. The zero-order valence-corrected chi connectivity index (χ0v) is 11.8. The van der Waals surface area contributed by atoms with Crippen LogP contribution in [0.5, 0.6) is 0 Å². The average Bonchev–Trinajstić information content (AvgIpc) is 3.14. The van der Waals surface area contributed by atoms with Crippen molar-refractivity contribution in [2.45, 2.75) is 38.5 Å². The average molecular weight is 277 g/mol. The van der Waals surface area contributed by atoms with Crippen LogP contribution in [0, 0.1) is 5.92 Å². The molecule has 1 aromatic heterocycles. The summed E-state index contributed by atoms with van der Waals surface area (Å²) in [4.78, 5) is 15.3. The third-order valence-corrected chi connectivity index (χ3v) is 3.91. The number of hydrazine groups is 1. The summed E-state index contributed by atoms with van der Waals surface area (Å²) >= 11 is 0. The molecule has 7 nitrogen and oxygen atoms in total. The highest BCUT2D eigenvalue weighted by molar-refractivity contribution is 5.43. The van der Waals surface area contributed by atoms with Gasteiger partial charge < -0.3 is 10.2 Å². The van der Waals surface area contributed by atoms with Crippen molar-refractivity contribution >= 4 is 17.8 Å². The standard InChI is InChI=1S/C13H23N7/c14-19-12-16-11(15-7-3-4-10-5-6-10)17-13(18-12)20-8-1-2-9-20/h10H,1-9,14H2,(H2,15,16,17,18,19). The van der Waals surface area contributed by atoms with Crippen LogP contribution in [0.25, 0.3) is 0 Å². The largest absolute Gasteiger partial charge is 0.354 e. The fourth-order valence-electron chi connectivity index (χ4n) is 2.56. The summed E-state index contributed by atoms with van der Waals surface area (Å²) in [7, 11) is 0. The summed E-state index contributed by atoms with van der Waals surface area (Å²) in [5.74, 6) is 8.17. The van der Waals surface area contributed by atoms with Crippen LogP contribution in [-0.2, 0) is 0 Å². The van der Waals surface area contributed by atoms with E-state index in [0.717, 1.165) is 31.5 Å². The van der Waals surface area contributed by atoms with E-state index in [1.54, 1.807) is 0 Å². The van der Waals surface area contributed by atoms with E-state index in [9.17, 15) is 0 Å². The van der Waals surface area contributed by atoms with E-state index in [4.69, 9.17) is 5.84 Å². The van der Waals surface area contributed by atoms with Gasteiger partial charge in [0.15, 0.2) is 0 Å². The smallest absolute Gasteiger partial charge is 0.243 e. The molecular formula is C13H23N7. The summed E-state index contributed by atoms with van der Waals surface area (Å²) in [6.45, 7) is 2.92. The van der Waals surface area contributed by atoms with Gasteiger partial charge in [0.2, 0.25) is 17.8 Å². The highest BCUT2D eigenvalue weighted by Gasteiger charge is 2.20. The van der Waals surface area contributed by atoms with Gasteiger partial charge in [0.25, 0.3) is 0 Å². The Morgan fingerprint density at radius 2 is 1.85 bits per heavy atom. The summed E-state index contributed by atoms with van der Waals surface area (Å²) < 4.78 is 0. The van der Waals surface area contributed by atoms with Crippen molar-refractivity contribution in [1.29, 1.82) is 0 Å². The number of nitrogens with two attached hydrogens (primary N) is 1. The predicted molar refractivity (Wildman–Crippen MR) is 79.5 cm³/mol. The summed E-state index contributed by atoms with van der Waals surface area (Å²) in [5, 5.41) is 3.28. The molecule has 7 heteroatoms. The number of aromatic nitrogens is 3. The van der Waals surface area contributed by atoms with Crippen LogP contribution in [0.3, 0.4) is 0 Å². The number of hydrogen-bond donors (Lipinski definition) is 3. The number of nitrogen functional groups attached to an aromatic ring is 1. The van der Waals surface area contributed by atoms with E-state index in [1.807, 2.05) is 0 Å². The molecule has 1 saturated heterocycles. The maximum absolute atomic E-state index is 5.44. The SMILES string of the molecule is NNc1nc(NCCCC2CC2)nc(N2CCCC2)n1. The van der Waals surface area contributed by atoms with Crippen molar-refractivity contribution in [2.75, 3.05) is 35.3 Å². The maximum atomic E-state index is 5.44. The first-order chi connectivity index (χ1) is 9.85. The van der Waals surface area contributed by atoms with E-state index in [1.165, 1.54) is 38.5 Å². The van der Waals surface area contributed by atoms with Crippen LogP contribution >= 0.6 is 0 Å². The Morgan fingerprint density at radius 1 is 1.10 bits per heavy atom. The molecule has 20 heavy (non-hydrogen) atoms. The monoisotopic (exact) mass is 277 g/mol. The molecule has 3 rings (SSSR count). The predicted octanol–water partition coefficient (Wildman–Crippen LogP) is 1.36. The molecule has 1 aliphatic heterocycles. The Morgan fingerprint density at radius 3 is 2.55 bits per heavy atom. The zero-order chi connectivity index (χ0) is 13.8. The van der Waals surface area contributed by atoms with Crippen molar-refractivity contribution in [3.05, 3.63) is 0 Å². The first-order valence-corrected chi connectivity index (χ1v) is 7.56. The molecule has 2 heterocycles. The van der Waals surface area contributed by atoms with E-state index in [0.29, 0.717) is 11.9 Å². The molecule has 0 bridgehead atoms. The highest BCUT2D eigenvalue weighted by atomic mass is 15.4. The molecule has 1 aliphatic carbocycles. The third-order valence-electron chi connectivity index (χ3n) is 3.91. The van der Waals surface area contributed by atoms with Crippen molar-refractivity contribution in [2.24, 2.45) is 11.8 Å². The number of nitrogens with zero attached hydrogens (tertiary/aromatic N) is 4. The van der Waals surface area contributed by atoms with Gasteiger partial charge in [-0.05, 0) is 31.6 Å². The fourth-order valence-corrected chi connectivity index (χ4v) is 2.56. The Labute approximate surface area is 119 Å². The molecule has 0 unspecified atom stereocenters. The molecular weight excluding hydrogens is 254 g/mol. The van der Waals surface area contributed by atoms with Crippen LogP contribution in [0.4, 0.5) is 17.8 Å². The Kier molecular flexibility index (Phi) is 4.15. The summed E-state index contributed by atoms with van der Waals surface area (Å²) in [6, 6.07) is 0. The van der Waals surface area contributed by atoms with Gasteiger partial charge in [-0.15, -0.1) is 0 Å². The van der Waals surface area contributed by atoms with E-state index in [-0.39, 0.29) is 0 Å². The van der Waals surface area contributed by atoms with Gasteiger partial charge in [-0.25, -0.2) is 5.84 Å². The van der Waals surface area contributed by atoms with Gasteiger partial charge in [0.1, 0.15) is 0 Å². The third kappa shape index (κ3) is 3.47. The first kappa shape index (κ1) is 13.4. The number of nitrogens with one attached hydrogen (secondary N) is 2. The zero-order valence-electron chi connectivity index (χ0n) is 11.8. The van der Waals surface area contributed by atoms with Gasteiger partial charge >= 0.3 is 0 Å². The second-order valence-electron chi connectivity index (χ2n) is 5.63. The summed E-state index contributed by atoms with van der Waals surface area (Å²) in [6.07, 6.45) is 7.68. The van der Waals surface area contributed by atoms with Crippen molar-refractivity contribution in [1.82, 2.24) is 15.0 Å². The fraction of sp³-hybridized carbons (Fsp3) is 0.769. The van der Waals surface area contributed by atoms with Gasteiger partial charge in [-0.1, -0.05) is 12.8 Å². The van der Waals surface area contributed by atoms with Gasteiger partial charge in [0, 0.05) is 19.6 Å². The molecule has 1 saturated carbocycles. The lowest BCUT2D eigenvalue weighted by Gasteiger charge is -2.16. The normalized spacial score (nSPS) is 18.4. The molecule has 0 aromatic carbocycles. The van der Waals surface area contributed by atoms with Crippen molar-refractivity contribution in [3.63, 3.8) is 0 Å². The van der Waals surface area contributed by atoms with Gasteiger partial charge in [-0.2, -0.15) is 15.0 Å². The number of rotatable bonds is 7. The first-order valence-electron chi connectivity index (χ1n) is 7.56. The molecule has 0 atom stereocenters. The van der Waals surface area contributed by atoms with Crippen LogP contribution in [0.2, 0.25) is 0 Å². The molecule has 2 aliphatic rings. The minimum Gasteiger partial charge on any atom is -0.354 e. The van der Waals surface area contributed by atoms with Crippen molar-refractivity contribution in [3.8, 4) is 0 Å². The Balaban J connectivity index is 1.60. The van der Waals surface area contributed by atoms with E-state index < -0.39 is 0 Å². The minimum absolute atomic E-state index is 0.423. The Bertz CT molecular complexity index is 440. The molecule has 1 aromatic rings. The van der Waals surface area contributed by atoms with Crippen molar-refractivity contribution < 1.29 is 0 Å². The molecule has 4 N–H and O–H groups in total. The molecule has 2 fully saturated rings. The van der Waals surface area contributed by atoms with E-state index in [2.05, 4.69) is 30.6 Å². The minimum atomic E-state index is 0.423. The van der Waals surface area contributed by atoms with Crippen LogP contribution in [-0.4, -0.2) is 34.6 Å². The number of anilines is 3. The quantitative estimate of drug-likeness (QED) is 0.393. The molecule has 0 radical (unpaired) electrons. The second kappa shape index (κ2) is 6.21. The lowest BCUT2D eigenvalue weighted by molar-refractivity contribution is 0.685. The number of hydrogen-bond acceptors (Lipinski definition) is 7. The van der Waals surface area contributed by atoms with Gasteiger partial charge in [-0.3, -0.25) is 5.43 Å². The highest BCUT2D eigenvalue weighted by Crippen LogP contribution is 2.33. The lowest BCUT2D eigenvalue weighted by Crippen LogP contribution is -2.23. The summed E-state index contributed by atoms with van der Waals surface area (Å²) in [5.41, 5.74) is 2.52. The van der Waals surface area contributed by atoms with Crippen LogP contribution in [0.1, 0.15) is 38.5 Å². The van der Waals surface area contributed by atoms with Crippen LogP contribution < -0.4 is 21.5 Å². The van der Waals surface area contributed by atoms with E-state index >= 15 is 0 Å². The molecule has 0 amide bonds. The van der Waals surface area contributed by atoms with Crippen LogP contribution in [0.15, 0.2) is 0 Å². The topological polar surface area (TPSA) is 92.0 Å².